The van der Waals surface area contributed by atoms with E-state index in [1.165, 1.54) is 18.2 Å². The number of rotatable bonds is 3. The van der Waals surface area contributed by atoms with Gasteiger partial charge in [-0.2, -0.15) is 0 Å². The summed E-state index contributed by atoms with van der Waals surface area (Å²) in [6.45, 7) is 4.17. The van der Waals surface area contributed by atoms with Gasteiger partial charge in [0.2, 0.25) is 0 Å². The molecule has 0 saturated heterocycles. The lowest BCUT2D eigenvalue weighted by molar-refractivity contribution is 0.0597. The predicted molar refractivity (Wildman–Crippen MR) is 79.2 cm³/mol. The number of benzene rings is 2. The molecule has 2 rings (SSSR count). The zero-order valence-electron chi connectivity index (χ0n) is 12.2. The molecule has 2 aromatic carbocycles. The number of hydrogen-bond donors (Lipinski definition) is 0. The van der Waals surface area contributed by atoms with E-state index in [4.69, 9.17) is 9.47 Å². The second-order valence-corrected chi connectivity index (χ2v) is 4.65. The third-order valence-corrected chi connectivity index (χ3v) is 3.52. The van der Waals surface area contributed by atoms with Gasteiger partial charge < -0.3 is 9.47 Å². The Labute approximate surface area is 119 Å². The normalized spacial score (nSPS) is 10.2. The number of ether oxygens (including phenoxy) is 2. The van der Waals surface area contributed by atoms with Crippen molar-refractivity contribution >= 4 is 5.97 Å². The van der Waals surface area contributed by atoms with Gasteiger partial charge in [0, 0.05) is 0 Å². The van der Waals surface area contributed by atoms with Crippen molar-refractivity contribution in [3.05, 3.63) is 53.1 Å². The fourth-order valence-electron chi connectivity index (χ4n) is 2.20. The van der Waals surface area contributed by atoms with Gasteiger partial charge in [-0.25, -0.2) is 4.79 Å². The maximum absolute atomic E-state index is 11.7. The van der Waals surface area contributed by atoms with Crippen LogP contribution in [-0.2, 0) is 4.74 Å². The molecule has 0 fully saturated rings. The van der Waals surface area contributed by atoms with Gasteiger partial charge in [-0.3, -0.25) is 0 Å². The summed E-state index contributed by atoms with van der Waals surface area (Å²) in [5.74, 6) is 0.129. The number of methoxy groups -OCH3 is 2. The third kappa shape index (κ3) is 2.52. The molecule has 0 aliphatic rings. The van der Waals surface area contributed by atoms with Crippen LogP contribution in [0.2, 0.25) is 0 Å². The Morgan fingerprint density at radius 2 is 1.80 bits per heavy atom. The number of hydrogen-bond acceptors (Lipinski definition) is 3. The lowest BCUT2D eigenvalue weighted by atomic mass is 9.96. The number of esters is 1. The van der Waals surface area contributed by atoms with Crippen LogP contribution in [0, 0.1) is 13.8 Å². The minimum atomic E-state index is -0.394. The first kappa shape index (κ1) is 14.1. The Balaban J connectivity index is 2.54. The largest absolute Gasteiger partial charge is 0.496 e. The number of carbonyl (C=O) groups is 1. The van der Waals surface area contributed by atoms with E-state index >= 15 is 0 Å². The summed E-state index contributed by atoms with van der Waals surface area (Å²) >= 11 is 0. The van der Waals surface area contributed by atoms with E-state index in [1.54, 1.807) is 13.2 Å². The SMILES string of the molecule is COC(=O)c1ccc(-c2cccc(C)c2C)cc1OC. The zero-order chi connectivity index (χ0) is 14.7. The van der Waals surface area contributed by atoms with Gasteiger partial charge in [0.25, 0.3) is 0 Å². The highest BCUT2D eigenvalue weighted by molar-refractivity contribution is 5.93. The van der Waals surface area contributed by atoms with Crippen LogP contribution in [-0.4, -0.2) is 20.2 Å². The maximum Gasteiger partial charge on any atom is 0.341 e. The van der Waals surface area contributed by atoms with Crippen LogP contribution >= 0.6 is 0 Å². The summed E-state index contributed by atoms with van der Waals surface area (Å²) in [5, 5.41) is 0. The average Bonchev–Trinajstić information content (AvgIpc) is 2.48. The molecule has 0 aliphatic heterocycles. The van der Waals surface area contributed by atoms with Crippen molar-refractivity contribution in [1.82, 2.24) is 0 Å². The molecule has 0 N–H and O–H groups in total. The molecule has 0 amide bonds. The summed E-state index contributed by atoms with van der Waals surface area (Å²) in [4.78, 5) is 11.7. The second kappa shape index (κ2) is 5.78. The van der Waals surface area contributed by atoms with Gasteiger partial charge in [0.05, 0.1) is 14.2 Å². The van der Waals surface area contributed by atoms with Crippen LogP contribution in [0.5, 0.6) is 5.75 Å². The monoisotopic (exact) mass is 270 g/mol. The fraction of sp³-hybridized carbons (Fsp3) is 0.235. The molecular weight excluding hydrogens is 252 g/mol. The smallest absolute Gasteiger partial charge is 0.341 e. The molecule has 0 unspecified atom stereocenters. The molecule has 3 nitrogen and oxygen atoms in total. The molecule has 2 aromatic rings. The van der Waals surface area contributed by atoms with Crippen molar-refractivity contribution in [1.29, 1.82) is 0 Å². The van der Waals surface area contributed by atoms with Crippen molar-refractivity contribution in [3.8, 4) is 16.9 Å². The molecule has 0 aromatic heterocycles. The Morgan fingerprint density at radius 1 is 1.05 bits per heavy atom. The molecule has 0 bridgehead atoms. The minimum absolute atomic E-state index is 0.394. The van der Waals surface area contributed by atoms with E-state index in [0.717, 1.165) is 11.1 Å². The Hall–Kier alpha value is -2.29. The van der Waals surface area contributed by atoms with Gasteiger partial charge >= 0.3 is 5.97 Å². The molecule has 0 spiro atoms. The Kier molecular flexibility index (Phi) is 4.08. The molecule has 104 valence electrons. The quantitative estimate of drug-likeness (QED) is 0.796. The highest BCUT2D eigenvalue weighted by Gasteiger charge is 2.14. The fourth-order valence-corrected chi connectivity index (χ4v) is 2.20. The van der Waals surface area contributed by atoms with Crippen LogP contribution in [0.25, 0.3) is 11.1 Å². The molecule has 0 radical (unpaired) electrons. The van der Waals surface area contributed by atoms with Crippen molar-refractivity contribution < 1.29 is 14.3 Å². The van der Waals surface area contributed by atoms with Crippen LogP contribution in [0.1, 0.15) is 21.5 Å². The second-order valence-electron chi connectivity index (χ2n) is 4.65. The minimum Gasteiger partial charge on any atom is -0.496 e. The summed E-state index contributed by atoms with van der Waals surface area (Å²) in [7, 11) is 2.91. The first-order chi connectivity index (χ1) is 9.58. The molecule has 20 heavy (non-hydrogen) atoms. The molecule has 0 saturated carbocycles. The molecule has 3 heteroatoms. The summed E-state index contributed by atoms with van der Waals surface area (Å²) in [6.07, 6.45) is 0. The Morgan fingerprint density at radius 3 is 2.45 bits per heavy atom. The van der Waals surface area contributed by atoms with Gasteiger partial charge in [-0.1, -0.05) is 24.3 Å². The van der Waals surface area contributed by atoms with E-state index in [2.05, 4.69) is 26.0 Å². The zero-order valence-corrected chi connectivity index (χ0v) is 12.2. The van der Waals surface area contributed by atoms with Gasteiger partial charge in [0.1, 0.15) is 11.3 Å². The van der Waals surface area contributed by atoms with Crippen LogP contribution in [0.15, 0.2) is 36.4 Å². The van der Waals surface area contributed by atoms with Gasteiger partial charge in [-0.05, 0) is 48.2 Å². The first-order valence-corrected chi connectivity index (χ1v) is 6.41. The highest BCUT2D eigenvalue weighted by atomic mass is 16.5. The maximum atomic E-state index is 11.7. The average molecular weight is 270 g/mol. The molecule has 0 aliphatic carbocycles. The van der Waals surface area contributed by atoms with Gasteiger partial charge in [0.15, 0.2) is 0 Å². The number of aryl methyl sites for hydroxylation is 1. The number of carbonyl (C=O) groups excluding carboxylic acids is 1. The van der Waals surface area contributed by atoms with E-state index < -0.39 is 5.97 Å². The van der Waals surface area contributed by atoms with Crippen LogP contribution < -0.4 is 4.74 Å². The van der Waals surface area contributed by atoms with Crippen molar-refractivity contribution in [2.24, 2.45) is 0 Å². The lowest BCUT2D eigenvalue weighted by Crippen LogP contribution is -2.04. The van der Waals surface area contributed by atoms with Crippen LogP contribution in [0.3, 0.4) is 0 Å². The summed E-state index contributed by atoms with van der Waals surface area (Å²) < 4.78 is 10.0. The summed E-state index contributed by atoms with van der Waals surface area (Å²) in [5.41, 5.74) is 5.05. The van der Waals surface area contributed by atoms with E-state index in [9.17, 15) is 4.79 Å². The van der Waals surface area contributed by atoms with Crippen molar-refractivity contribution in [2.45, 2.75) is 13.8 Å². The molecule has 0 heterocycles. The third-order valence-electron chi connectivity index (χ3n) is 3.52. The van der Waals surface area contributed by atoms with E-state index in [0.29, 0.717) is 11.3 Å². The predicted octanol–water partition coefficient (Wildman–Crippen LogP) is 3.77. The standard InChI is InChI=1S/C17H18O3/c1-11-6-5-7-14(12(11)2)13-8-9-15(17(18)20-4)16(10-13)19-3/h5-10H,1-4H3. The van der Waals surface area contributed by atoms with Gasteiger partial charge in [-0.15, -0.1) is 0 Å². The van der Waals surface area contributed by atoms with Crippen molar-refractivity contribution in [3.63, 3.8) is 0 Å². The Bertz CT molecular complexity index is 645. The van der Waals surface area contributed by atoms with Crippen molar-refractivity contribution in [2.75, 3.05) is 14.2 Å². The lowest BCUT2D eigenvalue weighted by Gasteiger charge is -2.12. The summed E-state index contributed by atoms with van der Waals surface area (Å²) in [6, 6.07) is 11.7. The first-order valence-electron chi connectivity index (χ1n) is 6.41. The topological polar surface area (TPSA) is 35.5 Å². The molecule has 0 atom stereocenters. The molecular formula is C17H18O3. The van der Waals surface area contributed by atoms with Crippen LogP contribution in [0.4, 0.5) is 0 Å². The highest BCUT2D eigenvalue weighted by Crippen LogP contribution is 2.30. The van der Waals surface area contributed by atoms with E-state index in [-0.39, 0.29) is 0 Å². The van der Waals surface area contributed by atoms with E-state index in [1.807, 2.05) is 18.2 Å².